The minimum Gasteiger partial charge on any atom is -0.490 e. The fourth-order valence-corrected chi connectivity index (χ4v) is 1.84. The molecular formula is C16H21NO4. The highest BCUT2D eigenvalue weighted by Gasteiger charge is 2.21. The van der Waals surface area contributed by atoms with E-state index in [1.165, 1.54) is 0 Å². The van der Waals surface area contributed by atoms with Crippen molar-refractivity contribution in [3.8, 4) is 5.75 Å². The first kappa shape index (κ1) is 16.8. The number of rotatable bonds is 4. The van der Waals surface area contributed by atoms with E-state index in [1.807, 2.05) is 30.3 Å². The Balaban J connectivity index is 0.00000106. The molecule has 2 rings (SSSR count). The van der Waals surface area contributed by atoms with Crippen LogP contribution >= 0.6 is 0 Å². The molecule has 0 aliphatic carbocycles. The van der Waals surface area contributed by atoms with Gasteiger partial charge in [-0.2, -0.15) is 0 Å². The predicted molar refractivity (Wildman–Crippen MR) is 80.4 cm³/mol. The number of para-hydroxylation sites is 1. The van der Waals surface area contributed by atoms with Crippen molar-refractivity contribution in [1.82, 2.24) is 4.90 Å². The van der Waals surface area contributed by atoms with Crippen LogP contribution in [0.4, 0.5) is 4.79 Å². The SMILES string of the molecule is C=C.O=C1CCN(C(=O)OCCOc2ccccc2)CC1. The minimum atomic E-state index is -0.371. The van der Waals surface area contributed by atoms with Crippen LogP contribution in [0.5, 0.6) is 5.75 Å². The lowest BCUT2D eigenvalue weighted by atomic mass is 10.1. The van der Waals surface area contributed by atoms with Crippen molar-refractivity contribution in [1.29, 1.82) is 0 Å². The largest absolute Gasteiger partial charge is 0.490 e. The summed E-state index contributed by atoms with van der Waals surface area (Å²) in [6, 6.07) is 9.36. The van der Waals surface area contributed by atoms with Gasteiger partial charge in [-0.1, -0.05) is 18.2 Å². The molecule has 0 spiro atoms. The molecule has 1 heterocycles. The molecule has 0 atom stereocenters. The van der Waals surface area contributed by atoms with Crippen LogP contribution in [0.2, 0.25) is 0 Å². The Kier molecular flexibility index (Phi) is 7.64. The highest BCUT2D eigenvalue weighted by molar-refractivity contribution is 5.81. The van der Waals surface area contributed by atoms with Crippen molar-refractivity contribution < 1.29 is 19.1 Å². The van der Waals surface area contributed by atoms with E-state index in [0.29, 0.717) is 32.5 Å². The van der Waals surface area contributed by atoms with Crippen molar-refractivity contribution in [2.75, 3.05) is 26.3 Å². The lowest BCUT2D eigenvalue weighted by Gasteiger charge is -2.25. The monoisotopic (exact) mass is 291 g/mol. The van der Waals surface area contributed by atoms with E-state index in [9.17, 15) is 9.59 Å². The average Bonchev–Trinajstić information content (AvgIpc) is 2.55. The first-order valence-electron chi connectivity index (χ1n) is 6.87. The summed E-state index contributed by atoms with van der Waals surface area (Å²) in [4.78, 5) is 24.3. The average molecular weight is 291 g/mol. The van der Waals surface area contributed by atoms with Gasteiger partial charge in [0.15, 0.2) is 0 Å². The molecule has 1 aliphatic rings. The van der Waals surface area contributed by atoms with E-state index in [4.69, 9.17) is 9.47 Å². The molecule has 21 heavy (non-hydrogen) atoms. The molecule has 5 heteroatoms. The number of likely N-dealkylation sites (tertiary alicyclic amines) is 1. The standard InChI is InChI=1S/C14H17NO4.C2H4/c16-12-6-8-15(9-7-12)14(17)19-11-10-18-13-4-2-1-3-5-13;1-2/h1-5H,6-11H2;1-2H2. The first-order chi connectivity index (χ1) is 10.3. The molecule has 0 bridgehead atoms. The Labute approximate surface area is 125 Å². The Morgan fingerprint density at radius 1 is 1.10 bits per heavy atom. The summed E-state index contributed by atoms with van der Waals surface area (Å²) in [5, 5.41) is 0. The maximum Gasteiger partial charge on any atom is 0.409 e. The molecule has 114 valence electrons. The van der Waals surface area contributed by atoms with Crippen LogP contribution in [0.25, 0.3) is 0 Å². The van der Waals surface area contributed by atoms with Crippen molar-refractivity contribution >= 4 is 11.9 Å². The van der Waals surface area contributed by atoms with Gasteiger partial charge in [0.05, 0.1) is 0 Å². The summed E-state index contributed by atoms with van der Waals surface area (Å²) in [5.41, 5.74) is 0. The van der Waals surface area contributed by atoms with Crippen molar-refractivity contribution in [2.24, 2.45) is 0 Å². The van der Waals surface area contributed by atoms with E-state index in [1.54, 1.807) is 4.90 Å². The summed E-state index contributed by atoms with van der Waals surface area (Å²) in [5.74, 6) is 0.957. The van der Waals surface area contributed by atoms with E-state index in [-0.39, 0.29) is 18.5 Å². The molecule has 1 aromatic carbocycles. The molecule has 0 unspecified atom stereocenters. The molecule has 1 aliphatic heterocycles. The Hall–Kier alpha value is -2.30. The Bertz CT molecular complexity index is 437. The van der Waals surface area contributed by atoms with Crippen LogP contribution in [0.1, 0.15) is 12.8 Å². The normalized spacial score (nSPS) is 13.9. The van der Waals surface area contributed by atoms with E-state index < -0.39 is 0 Å². The highest BCUT2D eigenvalue weighted by atomic mass is 16.6. The van der Waals surface area contributed by atoms with Gasteiger partial charge in [0.1, 0.15) is 24.7 Å². The lowest BCUT2D eigenvalue weighted by molar-refractivity contribution is -0.121. The van der Waals surface area contributed by atoms with Gasteiger partial charge in [-0.15, -0.1) is 13.2 Å². The van der Waals surface area contributed by atoms with Crippen molar-refractivity contribution in [3.63, 3.8) is 0 Å². The third-order valence-corrected chi connectivity index (χ3v) is 2.90. The van der Waals surface area contributed by atoms with Gasteiger partial charge in [-0.05, 0) is 12.1 Å². The number of hydrogen-bond acceptors (Lipinski definition) is 4. The Morgan fingerprint density at radius 2 is 1.71 bits per heavy atom. The number of ether oxygens (including phenoxy) is 2. The first-order valence-corrected chi connectivity index (χ1v) is 6.87. The number of nitrogens with zero attached hydrogens (tertiary/aromatic N) is 1. The van der Waals surface area contributed by atoms with Gasteiger partial charge >= 0.3 is 6.09 Å². The highest BCUT2D eigenvalue weighted by Crippen LogP contribution is 2.09. The molecule has 1 fully saturated rings. The van der Waals surface area contributed by atoms with Gasteiger partial charge in [0, 0.05) is 25.9 Å². The summed E-state index contributed by atoms with van der Waals surface area (Å²) in [6.07, 6.45) is 0.481. The van der Waals surface area contributed by atoms with Crippen LogP contribution in [-0.2, 0) is 9.53 Å². The topological polar surface area (TPSA) is 55.8 Å². The minimum absolute atomic E-state index is 0.205. The Morgan fingerprint density at radius 3 is 2.33 bits per heavy atom. The van der Waals surface area contributed by atoms with Gasteiger partial charge < -0.3 is 14.4 Å². The quantitative estimate of drug-likeness (QED) is 0.632. The smallest absolute Gasteiger partial charge is 0.409 e. The molecule has 0 N–H and O–H groups in total. The maximum absolute atomic E-state index is 11.7. The third-order valence-electron chi connectivity index (χ3n) is 2.90. The van der Waals surface area contributed by atoms with Crippen LogP contribution in [0.15, 0.2) is 43.5 Å². The number of amides is 1. The zero-order valence-corrected chi connectivity index (χ0v) is 12.1. The number of carbonyl (C=O) groups excluding carboxylic acids is 2. The summed E-state index contributed by atoms with van der Waals surface area (Å²) < 4.78 is 10.5. The fourth-order valence-electron chi connectivity index (χ4n) is 1.84. The molecule has 1 aromatic rings. The molecular weight excluding hydrogens is 270 g/mol. The number of piperidine rings is 1. The fraction of sp³-hybridized carbons (Fsp3) is 0.375. The second kappa shape index (κ2) is 9.58. The third kappa shape index (κ3) is 6.12. The van der Waals surface area contributed by atoms with Crippen LogP contribution in [-0.4, -0.2) is 43.1 Å². The zero-order chi connectivity index (χ0) is 15.5. The lowest BCUT2D eigenvalue weighted by Crippen LogP contribution is -2.39. The van der Waals surface area contributed by atoms with Crippen LogP contribution in [0.3, 0.4) is 0 Å². The zero-order valence-electron chi connectivity index (χ0n) is 12.1. The van der Waals surface area contributed by atoms with Gasteiger partial charge in [0.2, 0.25) is 0 Å². The number of ketones is 1. The van der Waals surface area contributed by atoms with Gasteiger partial charge in [-0.25, -0.2) is 4.79 Å². The predicted octanol–water partition coefficient (Wildman–Crippen LogP) is 2.67. The summed E-state index contributed by atoms with van der Waals surface area (Å²) in [7, 11) is 0. The number of hydrogen-bond donors (Lipinski definition) is 0. The van der Waals surface area contributed by atoms with Gasteiger partial charge in [0.25, 0.3) is 0 Å². The molecule has 0 radical (unpaired) electrons. The van der Waals surface area contributed by atoms with Crippen molar-refractivity contribution in [3.05, 3.63) is 43.5 Å². The summed E-state index contributed by atoms with van der Waals surface area (Å²) in [6.45, 7) is 7.44. The van der Waals surface area contributed by atoms with E-state index >= 15 is 0 Å². The van der Waals surface area contributed by atoms with E-state index in [0.717, 1.165) is 5.75 Å². The van der Waals surface area contributed by atoms with Crippen LogP contribution < -0.4 is 4.74 Å². The van der Waals surface area contributed by atoms with E-state index in [2.05, 4.69) is 13.2 Å². The molecule has 0 saturated carbocycles. The number of carbonyl (C=O) groups is 2. The van der Waals surface area contributed by atoms with Crippen molar-refractivity contribution in [2.45, 2.75) is 12.8 Å². The number of benzene rings is 1. The molecule has 0 aromatic heterocycles. The molecule has 1 amide bonds. The maximum atomic E-state index is 11.7. The summed E-state index contributed by atoms with van der Waals surface area (Å²) >= 11 is 0. The van der Waals surface area contributed by atoms with Gasteiger partial charge in [-0.3, -0.25) is 4.79 Å². The van der Waals surface area contributed by atoms with Crippen LogP contribution in [0, 0.1) is 0 Å². The molecule has 1 saturated heterocycles. The number of Topliss-reactive ketones (excluding diaryl/α,β-unsaturated/α-hetero) is 1. The molecule has 5 nitrogen and oxygen atoms in total. The second-order valence-electron chi connectivity index (χ2n) is 4.30. The second-order valence-corrected chi connectivity index (χ2v) is 4.30.